The number of nitrogens with one attached hydrogen (secondary N) is 1. The first-order valence-corrected chi connectivity index (χ1v) is 6.86. The fraction of sp³-hybridized carbons (Fsp3) is 0.462. The number of thiazole rings is 1. The number of anilines is 1. The van der Waals surface area contributed by atoms with Gasteiger partial charge in [-0.2, -0.15) is 0 Å². The topological polar surface area (TPSA) is 34.1 Å². The summed E-state index contributed by atoms with van der Waals surface area (Å²) in [5.41, 5.74) is 1.03. The van der Waals surface area contributed by atoms with Crippen LogP contribution in [0.2, 0.25) is 0 Å². The molecule has 92 valence electrons. The molecule has 17 heavy (non-hydrogen) atoms. The molecular formula is C13H18N2OS. The van der Waals surface area contributed by atoms with Crippen LogP contribution >= 0.6 is 11.3 Å². The number of unbranched alkanes of at least 4 members (excludes halogenated alkanes) is 2. The third-order valence-corrected chi connectivity index (χ3v) is 3.63. The molecule has 0 saturated heterocycles. The highest BCUT2D eigenvalue weighted by Gasteiger charge is 2.03. The molecular weight excluding hydrogens is 232 g/mol. The van der Waals surface area contributed by atoms with Gasteiger partial charge in [0, 0.05) is 7.05 Å². The zero-order valence-electron chi connectivity index (χ0n) is 10.3. The Labute approximate surface area is 106 Å². The molecule has 3 nitrogen and oxygen atoms in total. The van der Waals surface area contributed by atoms with Gasteiger partial charge < -0.3 is 10.1 Å². The Hall–Kier alpha value is -1.29. The first kappa shape index (κ1) is 12.2. The Morgan fingerprint density at radius 3 is 3.00 bits per heavy atom. The summed E-state index contributed by atoms with van der Waals surface area (Å²) in [6, 6.07) is 6.08. The van der Waals surface area contributed by atoms with Crippen LogP contribution in [-0.2, 0) is 0 Å². The van der Waals surface area contributed by atoms with Crippen molar-refractivity contribution in [3.8, 4) is 5.75 Å². The van der Waals surface area contributed by atoms with E-state index in [1.165, 1.54) is 17.5 Å². The van der Waals surface area contributed by atoms with Crippen molar-refractivity contribution in [3.05, 3.63) is 18.2 Å². The van der Waals surface area contributed by atoms with Crippen LogP contribution in [0.5, 0.6) is 5.75 Å². The van der Waals surface area contributed by atoms with E-state index >= 15 is 0 Å². The molecule has 0 radical (unpaired) electrons. The first-order valence-electron chi connectivity index (χ1n) is 6.04. The third-order valence-electron chi connectivity index (χ3n) is 2.59. The van der Waals surface area contributed by atoms with Crippen molar-refractivity contribution in [1.82, 2.24) is 4.98 Å². The number of rotatable bonds is 6. The largest absolute Gasteiger partial charge is 0.494 e. The summed E-state index contributed by atoms with van der Waals surface area (Å²) in [7, 11) is 1.89. The van der Waals surface area contributed by atoms with Crippen LogP contribution in [0.1, 0.15) is 26.2 Å². The average molecular weight is 250 g/mol. The monoisotopic (exact) mass is 250 g/mol. The third kappa shape index (κ3) is 3.09. The van der Waals surface area contributed by atoms with Crippen molar-refractivity contribution in [3.63, 3.8) is 0 Å². The summed E-state index contributed by atoms with van der Waals surface area (Å²) in [6.45, 7) is 3.00. The molecule has 1 N–H and O–H groups in total. The fourth-order valence-electron chi connectivity index (χ4n) is 1.64. The summed E-state index contributed by atoms with van der Waals surface area (Å²) in [5.74, 6) is 0.944. The molecule has 1 aromatic heterocycles. The summed E-state index contributed by atoms with van der Waals surface area (Å²) < 4.78 is 6.89. The quantitative estimate of drug-likeness (QED) is 0.789. The molecule has 1 heterocycles. The Balaban J connectivity index is 2.03. The molecule has 0 aliphatic rings. The van der Waals surface area contributed by atoms with Crippen molar-refractivity contribution in [1.29, 1.82) is 0 Å². The van der Waals surface area contributed by atoms with Crippen molar-refractivity contribution in [2.45, 2.75) is 26.2 Å². The number of benzene rings is 1. The van der Waals surface area contributed by atoms with Crippen molar-refractivity contribution in [2.24, 2.45) is 0 Å². The molecule has 2 aromatic rings. The highest BCUT2D eigenvalue weighted by Crippen LogP contribution is 2.28. The van der Waals surface area contributed by atoms with Crippen LogP contribution < -0.4 is 10.1 Å². The van der Waals surface area contributed by atoms with Crippen molar-refractivity contribution >= 4 is 26.7 Å². The zero-order chi connectivity index (χ0) is 12.1. The van der Waals surface area contributed by atoms with Gasteiger partial charge in [0.15, 0.2) is 5.13 Å². The lowest BCUT2D eigenvalue weighted by molar-refractivity contribution is 0.306. The van der Waals surface area contributed by atoms with Gasteiger partial charge in [-0.15, -0.1) is 0 Å². The van der Waals surface area contributed by atoms with Gasteiger partial charge in [0.1, 0.15) is 5.75 Å². The van der Waals surface area contributed by atoms with E-state index in [9.17, 15) is 0 Å². The Kier molecular flexibility index (Phi) is 4.20. The maximum Gasteiger partial charge on any atom is 0.183 e. The molecule has 0 aliphatic carbocycles. The Morgan fingerprint density at radius 2 is 2.24 bits per heavy atom. The van der Waals surface area contributed by atoms with E-state index in [2.05, 4.69) is 23.3 Å². The smallest absolute Gasteiger partial charge is 0.183 e. The highest BCUT2D eigenvalue weighted by atomic mass is 32.1. The predicted molar refractivity (Wildman–Crippen MR) is 74.2 cm³/mol. The summed E-state index contributed by atoms with van der Waals surface area (Å²) in [6.07, 6.45) is 3.58. The number of nitrogens with zero attached hydrogens (tertiary/aromatic N) is 1. The van der Waals surface area contributed by atoms with Gasteiger partial charge in [0.05, 0.1) is 16.8 Å². The number of fused-ring (bicyclic) bond motifs is 1. The van der Waals surface area contributed by atoms with E-state index in [4.69, 9.17) is 4.74 Å². The summed E-state index contributed by atoms with van der Waals surface area (Å²) in [4.78, 5) is 4.43. The van der Waals surface area contributed by atoms with Gasteiger partial charge >= 0.3 is 0 Å². The lowest BCUT2D eigenvalue weighted by atomic mass is 10.3. The normalized spacial score (nSPS) is 10.7. The lowest BCUT2D eigenvalue weighted by Crippen LogP contribution is -1.96. The summed E-state index contributed by atoms with van der Waals surface area (Å²) >= 11 is 1.65. The van der Waals surface area contributed by atoms with Crippen LogP contribution in [0, 0.1) is 0 Å². The molecule has 0 fully saturated rings. The van der Waals surface area contributed by atoms with Gasteiger partial charge in [-0.25, -0.2) is 4.98 Å². The van der Waals surface area contributed by atoms with Crippen LogP contribution in [0.4, 0.5) is 5.13 Å². The number of hydrogen-bond acceptors (Lipinski definition) is 4. The van der Waals surface area contributed by atoms with E-state index in [0.29, 0.717) is 0 Å². The fourth-order valence-corrected chi connectivity index (χ4v) is 2.49. The van der Waals surface area contributed by atoms with Crippen molar-refractivity contribution in [2.75, 3.05) is 19.0 Å². The SMILES string of the molecule is CCCCCOc1ccc2nc(NC)sc2c1. The Morgan fingerprint density at radius 1 is 1.35 bits per heavy atom. The van der Waals surface area contributed by atoms with E-state index in [0.717, 1.165) is 29.4 Å². The van der Waals surface area contributed by atoms with E-state index in [1.54, 1.807) is 11.3 Å². The molecule has 0 saturated carbocycles. The van der Waals surface area contributed by atoms with E-state index < -0.39 is 0 Å². The van der Waals surface area contributed by atoms with E-state index in [1.807, 2.05) is 19.2 Å². The predicted octanol–water partition coefficient (Wildman–Crippen LogP) is 3.91. The minimum Gasteiger partial charge on any atom is -0.494 e. The maximum absolute atomic E-state index is 5.72. The molecule has 0 atom stereocenters. The Bertz CT molecular complexity index is 481. The molecule has 4 heteroatoms. The number of aromatic nitrogens is 1. The second-order valence-corrected chi connectivity index (χ2v) is 4.98. The molecule has 0 spiro atoms. The first-order chi connectivity index (χ1) is 8.33. The standard InChI is InChI=1S/C13H18N2OS/c1-3-4-5-8-16-10-6-7-11-12(9-10)17-13(14-2)15-11/h6-7,9H,3-5,8H2,1-2H3,(H,14,15). The van der Waals surface area contributed by atoms with Gasteiger partial charge in [0.25, 0.3) is 0 Å². The molecule has 0 amide bonds. The molecule has 0 aliphatic heterocycles. The zero-order valence-corrected chi connectivity index (χ0v) is 11.1. The minimum atomic E-state index is 0.803. The minimum absolute atomic E-state index is 0.803. The lowest BCUT2D eigenvalue weighted by Gasteiger charge is -2.04. The van der Waals surface area contributed by atoms with Gasteiger partial charge in [-0.1, -0.05) is 31.1 Å². The molecule has 2 rings (SSSR count). The van der Waals surface area contributed by atoms with Crippen LogP contribution in [0.15, 0.2) is 18.2 Å². The second kappa shape index (κ2) is 5.87. The molecule has 0 unspecified atom stereocenters. The molecule has 1 aromatic carbocycles. The number of hydrogen-bond donors (Lipinski definition) is 1. The van der Waals surface area contributed by atoms with Crippen LogP contribution in [-0.4, -0.2) is 18.6 Å². The van der Waals surface area contributed by atoms with E-state index in [-0.39, 0.29) is 0 Å². The molecule has 0 bridgehead atoms. The number of ether oxygens (including phenoxy) is 1. The summed E-state index contributed by atoms with van der Waals surface area (Å²) in [5, 5.41) is 4.01. The maximum atomic E-state index is 5.72. The highest BCUT2D eigenvalue weighted by molar-refractivity contribution is 7.22. The van der Waals surface area contributed by atoms with Gasteiger partial charge in [-0.3, -0.25) is 0 Å². The van der Waals surface area contributed by atoms with Crippen molar-refractivity contribution < 1.29 is 4.74 Å². The van der Waals surface area contributed by atoms with Crippen LogP contribution in [0.3, 0.4) is 0 Å². The van der Waals surface area contributed by atoms with Crippen LogP contribution in [0.25, 0.3) is 10.2 Å². The van der Waals surface area contributed by atoms with Gasteiger partial charge in [0.2, 0.25) is 0 Å². The second-order valence-electron chi connectivity index (χ2n) is 3.95. The van der Waals surface area contributed by atoms with Gasteiger partial charge in [-0.05, 0) is 24.6 Å². The average Bonchev–Trinajstić information content (AvgIpc) is 2.77.